The maximum absolute atomic E-state index is 14.1. The van der Waals surface area contributed by atoms with Crippen LogP contribution in [0.3, 0.4) is 0 Å². The van der Waals surface area contributed by atoms with Crippen LogP contribution in [0, 0.1) is 12.7 Å². The standard InChI is InChI=1S/C28H33FN4O3/c1-3-24-26(19(2)36-30-24)28(35)32-13-10-25-21(18-32)17-23(20-8-7-9-22(29)16-20)27(34)33(25)15-14-31-11-5-4-6-12-31/h7-9,16-17H,3-6,10-15,18H2,1-2H3. The molecule has 4 heterocycles. The quantitative estimate of drug-likeness (QED) is 0.516. The Morgan fingerprint density at radius 1 is 1.11 bits per heavy atom. The lowest BCUT2D eigenvalue weighted by atomic mass is 9.98. The molecule has 5 rings (SSSR count). The van der Waals surface area contributed by atoms with Gasteiger partial charge in [-0.2, -0.15) is 0 Å². The van der Waals surface area contributed by atoms with Gasteiger partial charge in [-0.1, -0.05) is 30.6 Å². The van der Waals surface area contributed by atoms with E-state index in [1.54, 1.807) is 24.0 Å². The Morgan fingerprint density at radius 3 is 2.67 bits per heavy atom. The number of amides is 1. The fourth-order valence-corrected chi connectivity index (χ4v) is 5.51. The molecule has 1 saturated heterocycles. The largest absolute Gasteiger partial charge is 0.361 e. The molecule has 1 fully saturated rings. The van der Waals surface area contributed by atoms with E-state index >= 15 is 0 Å². The van der Waals surface area contributed by atoms with Crippen LogP contribution >= 0.6 is 0 Å². The van der Waals surface area contributed by atoms with Crippen molar-refractivity contribution in [2.75, 3.05) is 26.2 Å². The number of rotatable bonds is 6. The number of nitrogens with zero attached hydrogens (tertiary/aromatic N) is 4. The van der Waals surface area contributed by atoms with Gasteiger partial charge >= 0.3 is 0 Å². The van der Waals surface area contributed by atoms with Crippen molar-refractivity contribution in [3.8, 4) is 11.1 Å². The predicted molar refractivity (Wildman–Crippen MR) is 135 cm³/mol. The smallest absolute Gasteiger partial charge is 0.259 e. The average molecular weight is 493 g/mol. The summed E-state index contributed by atoms with van der Waals surface area (Å²) in [4.78, 5) is 31.3. The maximum atomic E-state index is 14.1. The number of benzene rings is 1. The summed E-state index contributed by atoms with van der Waals surface area (Å²) in [6, 6.07) is 8.02. The van der Waals surface area contributed by atoms with Crippen LogP contribution in [0.25, 0.3) is 11.1 Å². The van der Waals surface area contributed by atoms with E-state index in [0.717, 1.165) is 30.9 Å². The molecule has 0 unspecified atom stereocenters. The molecule has 2 aliphatic rings. The Labute approximate surface area is 210 Å². The molecule has 8 heteroatoms. The molecule has 0 atom stereocenters. The van der Waals surface area contributed by atoms with E-state index in [-0.39, 0.29) is 17.3 Å². The van der Waals surface area contributed by atoms with Crippen molar-refractivity contribution in [2.24, 2.45) is 0 Å². The van der Waals surface area contributed by atoms with Crippen molar-refractivity contribution in [3.63, 3.8) is 0 Å². The lowest BCUT2D eigenvalue weighted by Crippen LogP contribution is -2.41. The minimum absolute atomic E-state index is 0.0979. The highest BCUT2D eigenvalue weighted by molar-refractivity contribution is 5.96. The number of aryl methyl sites for hydroxylation is 2. The third-order valence-electron chi connectivity index (χ3n) is 7.46. The van der Waals surface area contributed by atoms with Crippen molar-refractivity contribution in [2.45, 2.75) is 59.0 Å². The van der Waals surface area contributed by atoms with Gasteiger partial charge in [-0.25, -0.2) is 4.39 Å². The van der Waals surface area contributed by atoms with Gasteiger partial charge in [0.2, 0.25) is 0 Å². The van der Waals surface area contributed by atoms with Crippen LogP contribution in [0.5, 0.6) is 0 Å². The van der Waals surface area contributed by atoms with E-state index in [1.165, 1.54) is 31.4 Å². The first kappa shape index (κ1) is 24.4. The number of hydrogen-bond acceptors (Lipinski definition) is 5. The first-order valence-corrected chi connectivity index (χ1v) is 12.9. The molecule has 7 nitrogen and oxygen atoms in total. The minimum Gasteiger partial charge on any atom is -0.361 e. The summed E-state index contributed by atoms with van der Waals surface area (Å²) in [5, 5.41) is 4.04. The monoisotopic (exact) mass is 492 g/mol. The first-order chi connectivity index (χ1) is 17.5. The zero-order valence-corrected chi connectivity index (χ0v) is 21.1. The van der Waals surface area contributed by atoms with Crippen LogP contribution < -0.4 is 5.56 Å². The van der Waals surface area contributed by atoms with Crippen molar-refractivity contribution in [3.05, 3.63) is 74.8 Å². The van der Waals surface area contributed by atoms with Gasteiger partial charge in [0.05, 0.1) is 5.69 Å². The number of carbonyl (C=O) groups excluding carboxylic acids is 1. The number of carbonyl (C=O) groups is 1. The second-order valence-electron chi connectivity index (χ2n) is 9.79. The molecule has 0 aliphatic carbocycles. The molecule has 190 valence electrons. The summed E-state index contributed by atoms with van der Waals surface area (Å²) in [6.07, 6.45) is 4.84. The van der Waals surface area contributed by atoms with Gasteiger partial charge in [-0.15, -0.1) is 0 Å². The summed E-state index contributed by atoms with van der Waals surface area (Å²) < 4.78 is 21.2. The third-order valence-corrected chi connectivity index (χ3v) is 7.46. The Morgan fingerprint density at radius 2 is 1.92 bits per heavy atom. The Kier molecular flexibility index (Phi) is 7.05. The first-order valence-electron chi connectivity index (χ1n) is 12.9. The maximum Gasteiger partial charge on any atom is 0.259 e. The van der Waals surface area contributed by atoms with Crippen molar-refractivity contribution in [1.29, 1.82) is 0 Å². The molecule has 2 aromatic heterocycles. The van der Waals surface area contributed by atoms with E-state index in [1.807, 2.05) is 17.6 Å². The normalized spacial score (nSPS) is 16.2. The van der Waals surface area contributed by atoms with Crippen molar-refractivity contribution < 1.29 is 13.7 Å². The highest BCUT2D eigenvalue weighted by atomic mass is 19.1. The zero-order valence-electron chi connectivity index (χ0n) is 21.1. The van der Waals surface area contributed by atoms with E-state index in [4.69, 9.17) is 4.52 Å². The molecule has 3 aromatic rings. The van der Waals surface area contributed by atoms with Crippen LogP contribution in [0.15, 0.2) is 39.6 Å². The van der Waals surface area contributed by atoms with Crippen molar-refractivity contribution >= 4 is 5.91 Å². The predicted octanol–water partition coefficient (Wildman–Crippen LogP) is 4.20. The number of aromatic nitrogens is 2. The molecule has 0 bridgehead atoms. The molecule has 0 spiro atoms. The van der Waals surface area contributed by atoms with Crippen LogP contribution in [0.1, 0.15) is 59.3 Å². The lowest BCUT2D eigenvalue weighted by Gasteiger charge is -2.32. The van der Waals surface area contributed by atoms with Gasteiger partial charge in [0.15, 0.2) is 0 Å². The molecule has 0 radical (unpaired) electrons. The van der Waals surface area contributed by atoms with Gasteiger partial charge in [-0.05, 0) is 68.6 Å². The Balaban J connectivity index is 1.51. The van der Waals surface area contributed by atoms with Gasteiger partial charge in [-0.3, -0.25) is 9.59 Å². The number of fused-ring (bicyclic) bond motifs is 1. The molecular formula is C28H33FN4O3. The van der Waals surface area contributed by atoms with E-state index in [2.05, 4.69) is 10.1 Å². The van der Waals surface area contributed by atoms with Crippen LogP contribution in [0.2, 0.25) is 0 Å². The Bertz CT molecular complexity index is 1320. The fraction of sp³-hybridized carbons (Fsp3) is 0.464. The van der Waals surface area contributed by atoms with Crippen LogP contribution in [-0.2, 0) is 25.9 Å². The lowest BCUT2D eigenvalue weighted by molar-refractivity contribution is 0.0729. The summed E-state index contributed by atoms with van der Waals surface area (Å²) in [5.74, 6) is 0.0422. The van der Waals surface area contributed by atoms with Gasteiger partial charge in [0.1, 0.15) is 17.1 Å². The summed E-state index contributed by atoms with van der Waals surface area (Å²) in [7, 11) is 0. The fourth-order valence-electron chi connectivity index (χ4n) is 5.51. The second-order valence-corrected chi connectivity index (χ2v) is 9.79. The molecule has 0 N–H and O–H groups in total. The van der Waals surface area contributed by atoms with Crippen molar-refractivity contribution in [1.82, 2.24) is 19.5 Å². The summed E-state index contributed by atoms with van der Waals surface area (Å²) in [6.45, 7) is 8.12. The average Bonchev–Trinajstić information content (AvgIpc) is 3.28. The third kappa shape index (κ3) is 4.74. The summed E-state index contributed by atoms with van der Waals surface area (Å²) >= 11 is 0. The highest BCUT2D eigenvalue weighted by Gasteiger charge is 2.29. The topological polar surface area (TPSA) is 71.6 Å². The number of hydrogen-bond donors (Lipinski definition) is 0. The molecule has 0 saturated carbocycles. The van der Waals surface area contributed by atoms with Crippen LogP contribution in [-0.4, -0.2) is 51.6 Å². The van der Waals surface area contributed by atoms with E-state index < -0.39 is 0 Å². The van der Waals surface area contributed by atoms with E-state index in [0.29, 0.717) is 60.6 Å². The van der Waals surface area contributed by atoms with Gasteiger partial charge in [0.25, 0.3) is 11.5 Å². The second kappa shape index (κ2) is 10.4. The summed E-state index contributed by atoms with van der Waals surface area (Å²) in [5.41, 5.74) is 4.02. The zero-order chi connectivity index (χ0) is 25.2. The van der Waals surface area contributed by atoms with Gasteiger partial charge < -0.3 is 18.9 Å². The highest BCUT2D eigenvalue weighted by Crippen LogP contribution is 2.27. The Hall–Kier alpha value is -3.26. The molecule has 1 aromatic carbocycles. The SMILES string of the molecule is CCc1noc(C)c1C(=O)N1CCc2c(cc(-c3cccc(F)c3)c(=O)n2CCN2CCCCC2)C1. The number of piperidine rings is 1. The van der Waals surface area contributed by atoms with Crippen LogP contribution in [0.4, 0.5) is 4.39 Å². The number of halogens is 1. The minimum atomic E-state index is -0.378. The van der Waals surface area contributed by atoms with Gasteiger partial charge in [0, 0.05) is 43.9 Å². The van der Waals surface area contributed by atoms with E-state index in [9.17, 15) is 14.0 Å². The molecule has 1 amide bonds. The number of likely N-dealkylation sites (tertiary alicyclic amines) is 1. The molecule has 36 heavy (non-hydrogen) atoms. The molecular weight excluding hydrogens is 459 g/mol. The molecule has 2 aliphatic heterocycles. The number of pyridine rings is 1.